The van der Waals surface area contributed by atoms with E-state index in [1.807, 2.05) is 18.2 Å². The first-order valence-electron chi connectivity index (χ1n) is 6.55. The van der Waals surface area contributed by atoms with Crippen LogP contribution in [0.3, 0.4) is 0 Å². The highest BCUT2D eigenvalue weighted by molar-refractivity contribution is 5.57. The number of benzene rings is 1. The van der Waals surface area contributed by atoms with Crippen LogP contribution in [0.25, 0.3) is 6.08 Å². The van der Waals surface area contributed by atoms with Gasteiger partial charge in [0.15, 0.2) is 0 Å². The Balaban J connectivity index is 2.35. The monoisotopic (exact) mass is 245 g/mol. The third-order valence-corrected chi connectivity index (χ3v) is 3.56. The van der Waals surface area contributed by atoms with Crippen LogP contribution in [0.5, 0.6) is 0 Å². The minimum absolute atomic E-state index is 0.0308. The van der Waals surface area contributed by atoms with Crippen LogP contribution in [0.15, 0.2) is 35.9 Å². The van der Waals surface area contributed by atoms with Gasteiger partial charge in [-0.15, -0.1) is 0 Å². The molecule has 1 atom stereocenters. The molecule has 2 rings (SSSR count). The average Bonchev–Trinajstić information content (AvgIpc) is 2.23. The summed E-state index contributed by atoms with van der Waals surface area (Å²) >= 11 is 0. The zero-order valence-corrected chi connectivity index (χ0v) is 11.7. The summed E-state index contributed by atoms with van der Waals surface area (Å²) in [6.45, 7) is 8.53. The molecule has 1 aliphatic rings. The smallest absolute Gasteiger partial charge is 0.0788 e. The zero-order chi connectivity index (χ0) is 13.4. The summed E-state index contributed by atoms with van der Waals surface area (Å²) in [5.41, 5.74) is 1.99. The van der Waals surface area contributed by atoms with Crippen LogP contribution in [-0.4, -0.2) is 22.3 Å². The number of nitrogens with one attached hydrogen (secondary N) is 1. The maximum Gasteiger partial charge on any atom is 0.0788 e. The number of rotatable bonds is 1. The van der Waals surface area contributed by atoms with Crippen LogP contribution in [0.4, 0.5) is 0 Å². The maximum absolute atomic E-state index is 10.4. The van der Waals surface area contributed by atoms with Crippen LogP contribution >= 0.6 is 0 Å². The summed E-state index contributed by atoms with van der Waals surface area (Å²) in [5.74, 6) is 0. The Hall–Kier alpha value is -1.12. The predicted molar refractivity (Wildman–Crippen MR) is 76.3 cm³/mol. The van der Waals surface area contributed by atoms with Crippen molar-refractivity contribution in [2.24, 2.45) is 0 Å². The molecule has 0 radical (unpaired) electrons. The lowest BCUT2D eigenvalue weighted by Crippen LogP contribution is -2.60. The molecule has 0 saturated carbocycles. The molecule has 18 heavy (non-hydrogen) atoms. The number of piperidine rings is 1. The Bertz CT molecular complexity index is 445. The molecule has 0 spiro atoms. The molecule has 1 aliphatic heterocycles. The Kier molecular flexibility index (Phi) is 3.35. The molecule has 1 heterocycles. The van der Waals surface area contributed by atoms with Gasteiger partial charge in [-0.3, -0.25) is 0 Å². The molecule has 2 nitrogen and oxygen atoms in total. The molecule has 0 aromatic heterocycles. The first kappa shape index (κ1) is 13.3. The van der Waals surface area contributed by atoms with Crippen molar-refractivity contribution in [1.29, 1.82) is 0 Å². The number of hydrogen-bond donors (Lipinski definition) is 2. The molecular formula is C16H23NO. The average molecular weight is 245 g/mol. The Morgan fingerprint density at radius 3 is 2.33 bits per heavy atom. The highest BCUT2D eigenvalue weighted by Gasteiger charge is 2.40. The Labute approximate surface area is 110 Å². The van der Waals surface area contributed by atoms with Gasteiger partial charge in [-0.05, 0) is 45.3 Å². The standard InChI is InChI=1S/C16H23NO/c1-15(2)11-14(18)13(16(3,4)17-15)10-12-8-6-5-7-9-12/h5-10,14,17-18H,11H2,1-4H3/b13-10+. The van der Waals surface area contributed by atoms with Gasteiger partial charge in [0.05, 0.1) is 6.10 Å². The minimum atomic E-state index is -0.378. The highest BCUT2D eigenvalue weighted by atomic mass is 16.3. The maximum atomic E-state index is 10.4. The molecule has 1 aromatic carbocycles. The molecule has 1 aromatic rings. The van der Waals surface area contributed by atoms with Crippen molar-refractivity contribution < 1.29 is 5.11 Å². The molecular weight excluding hydrogens is 222 g/mol. The second-order valence-electron chi connectivity index (χ2n) is 6.36. The van der Waals surface area contributed by atoms with Gasteiger partial charge in [-0.2, -0.15) is 0 Å². The van der Waals surface area contributed by atoms with E-state index in [1.165, 1.54) is 0 Å². The van der Waals surface area contributed by atoms with E-state index in [1.54, 1.807) is 0 Å². The van der Waals surface area contributed by atoms with E-state index in [-0.39, 0.29) is 17.2 Å². The van der Waals surface area contributed by atoms with Crippen molar-refractivity contribution in [1.82, 2.24) is 5.32 Å². The van der Waals surface area contributed by atoms with E-state index in [2.05, 4.69) is 51.2 Å². The van der Waals surface area contributed by atoms with Crippen LogP contribution in [0, 0.1) is 0 Å². The predicted octanol–water partition coefficient (Wildman–Crippen LogP) is 2.98. The molecule has 2 heteroatoms. The highest BCUT2D eigenvalue weighted by Crippen LogP contribution is 2.34. The summed E-state index contributed by atoms with van der Waals surface area (Å²) in [4.78, 5) is 0. The fourth-order valence-corrected chi connectivity index (χ4v) is 2.98. The zero-order valence-electron chi connectivity index (χ0n) is 11.7. The van der Waals surface area contributed by atoms with Crippen LogP contribution in [-0.2, 0) is 0 Å². The Morgan fingerprint density at radius 2 is 1.78 bits per heavy atom. The van der Waals surface area contributed by atoms with E-state index in [0.29, 0.717) is 0 Å². The lowest BCUT2D eigenvalue weighted by Gasteiger charge is -2.47. The van der Waals surface area contributed by atoms with Crippen molar-refractivity contribution in [2.75, 3.05) is 0 Å². The topological polar surface area (TPSA) is 32.3 Å². The second-order valence-corrected chi connectivity index (χ2v) is 6.36. The van der Waals surface area contributed by atoms with Crippen LogP contribution in [0.2, 0.25) is 0 Å². The number of aliphatic hydroxyl groups excluding tert-OH is 1. The van der Waals surface area contributed by atoms with Crippen LogP contribution < -0.4 is 5.32 Å². The van der Waals surface area contributed by atoms with Gasteiger partial charge in [0.1, 0.15) is 0 Å². The molecule has 98 valence electrons. The summed E-state index contributed by atoms with van der Waals surface area (Å²) in [6, 6.07) is 10.2. The van der Waals surface area contributed by atoms with Crippen LogP contribution in [0.1, 0.15) is 39.7 Å². The van der Waals surface area contributed by atoms with Gasteiger partial charge in [0.2, 0.25) is 0 Å². The van der Waals surface area contributed by atoms with E-state index >= 15 is 0 Å². The third-order valence-electron chi connectivity index (χ3n) is 3.56. The second kappa shape index (κ2) is 4.52. The van der Waals surface area contributed by atoms with Crippen molar-refractivity contribution in [3.8, 4) is 0 Å². The van der Waals surface area contributed by atoms with Gasteiger partial charge in [0, 0.05) is 11.1 Å². The molecule has 1 fully saturated rings. The fraction of sp³-hybridized carbons (Fsp3) is 0.500. The van der Waals surface area contributed by atoms with Gasteiger partial charge in [0.25, 0.3) is 0 Å². The molecule has 0 amide bonds. The SMILES string of the molecule is CC1(C)CC(O)/C(=C\c2ccccc2)C(C)(C)N1. The summed E-state index contributed by atoms with van der Waals surface area (Å²) in [5, 5.41) is 14.0. The molecule has 1 unspecified atom stereocenters. The third kappa shape index (κ3) is 2.82. The largest absolute Gasteiger partial charge is 0.389 e. The summed E-state index contributed by atoms with van der Waals surface area (Å²) in [7, 11) is 0. The molecule has 1 saturated heterocycles. The normalized spacial score (nSPS) is 28.3. The van der Waals surface area contributed by atoms with Crippen molar-refractivity contribution in [3.63, 3.8) is 0 Å². The van der Waals surface area contributed by atoms with Crippen molar-refractivity contribution >= 4 is 6.08 Å². The van der Waals surface area contributed by atoms with E-state index in [9.17, 15) is 5.11 Å². The van der Waals surface area contributed by atoms with Gasteiger partial charge in [-0.1, -0.05) is 36.4 Å². The molecule has 0 bridgehead atoms. The number of hydrogen-bond acceptors (Lipinski definition) is 2. The minimum Gasteiger partial charge on any atom is -0.389 e. The molecule has 0 aliphatic carbocycles. The lowest BCUT2D eigenvalue weighted by atomic mass is 9.76. The van der Waals surface area contributed by atoms with Crippen molar-refractivity contribution in [2.45, 2.75) is 51.3 Å². The van der Waals surface area contributed by atoms with Gasteiger partial charge >= 0.3 is 0 Å². The van der Waals surface area contributed by atoms with Crippen molar-refractivity contribution in [3.05, 3.63) is 41.5 Å². The summed E-state index contributed by atoms with van der Waals surface area (Å²) in [6.07, 6.45) is 2.47. The Morgan fingerprint density at radius 1 is 1.17 bits per heavy atom. The van der Waals surface area contributed by atoms with E-state index in [0.717, 1.165) is 17.6 Å². The van der Waals surface area contributed by atoms with Gasteiger partial charge < -0.3 is 10.4 Å². The number of aliphatic hydroxyl groups is 1. The first-order chi connectivity index (χ1) is 8.30. The van der Waals surface area contributed by atoms with Gasteiger partial charge in [-0.25, -0.2) is 0 Å². The van der Waals surface area contributed by atoms with E-state index in [4.69, 9.17) is 0 Å². The summed E-state index contributed by atoms with van der Waals surface area (Å²) < 4.78 is 0. The molecule has 2 N–H and O–H groups in total. The fourth-order valence-electron chi connectivity index (χ4n) is 2.98. The van der Waals surface area contributed by atoms with E-state index < -0.39 is 0 Å². The quantitative estimate of drug-likeness (QED) is 0.797. The lowest BCUT2D eigenvalue weighted by molar-refractivity contribution is 0.0960. The first-order valence-corrected chi connectivity index (χ1v) is 6.55.